The summed E-state index contributed by atoms with van der Waals surface area (Å²) >= 11 is 0. The third-order valence-electron chi connectivity index (χ3n) is 4.36. The minimum atomic E-state index is -0.0906. The molecule has 0 radical (unpaired) electrons. The summed E-state index contributed by atoms with van der Waals surface area (Å²) in [5.41, 5.74) is 8.90. The molecule has 2 atom stereocenters. The maximum Gasteiger partial charge on any atom is 0.305 e. The number of hydrogen-bond donors (Lipinski definition) is 1. The highest BCUT2D eigenvalue weighted by Crippen LogP contribution is 2.23. The number of carbonyl (C=O) groups excluding carboxylic acids is 1. The van der Waals surface area contributed by atoms with Gasteiger partial charge in [0, 0.05) is 32.1 Å². The van der Waals surface area contributed by atoms with Gasteiger partial charge in [0.2, 0.25) is 0 Å². The fraction of sp³-hybridized carbons (Fsp3) is 0.611. The lowest BCUT2D eigenvalue weighted by Gasteiger charge is -2.36. The van der Waals surface area contributed by atoms with Crippen molar-refractivity contribution in [2.45, 2.75) is 45.7 Å². The van der Waals surface area contributed by atoms with Gasteiger partial charge in [-0.25, -0.2) is 0 Å². The Bertz CT molecular complexity index is 490. The molecule has 122 valence electrons. The molecule has 1 saturated heterocycles. The van der Waals surface area contributed by atoms with E-state index in [1.807, 2.05) is 6.92 Å². The Labute approximate surface area is 133 Å². The van der Waals surface area contributed by atoms with Crippen molar-refractivity contribution in [1.82, 2.24) is 4.90 Å². The van der Waals surface area contributed by atoms with Crippen LogP contribution in [0.4, 0.5) is 0 Å². The van der Waals surface area contributed by atoms with Crippen molar-refractivity contribution in [2.24, 2.45) is 11.7 Å². The first-order chi connectivity index (χ1) is 10.6. The summed E-state index contributed by atoms with van der Waals surface area (Å²) in [7, 11) is 0. The topological polar surface area (TPSA) is 55.6 Å². The zero-order valence-corrected chi connectivity index (χ0v) is 13.8. The van der Waals surface area contributed by atoms with Gasteiger partial charge in [-0.15, -0.1) is 0 Å². The molecule has 2 rings (SSSR count). The molecule has 1 aliphatic rings. The Kier molecular flexibility index (Phi) is 6.40. The number of rotatable bonds is 6. The van der Waals surface area contributed by atoms with Gasteiger partial charge in [0.25, 0.3) is 0 Å². The van der Waals surface area contributed by atoms with Crippen molar-refractivity contribution >= 4 is 5.97 Å². The molecule has 1 fully saturated rings. The first kappa shape index (κ1) is 17.0. The van der Waals surface area contributed by atoms with E-state index < -0.39 is 0 Å². The highest BCUT2D eigenvalue weighted by Gasteiger charge is 2.25. The summed E-state index contributed by atoms with van der Waals surface area (Å²) in [5, 5.41) is 0. The van der Waals surface area contributed by atoms with Crippen LogP contribution in [0.15, 0.2) is 24.3 Å². The Morgan fingerprint density at radius 3 is 2.86 bits per heavy atom. The number of nitrogens with zero attached hydrogens (tertiary/aromatic N) is 1. The molecular weight excluding hydrogens is 276 g/mol. The fourth-order valence-electron chi connectivity index (χ4n) is 3.27. The largest absolute Gasteiger partial charge is 0.466 e. The number of piperidine rings is 1. The Morgan fingerprint density at radius 2 is 2.14 bits per heavy atom. The predicted molar refractivity (Wildman–Crippen MR) is 88.4 cm³/mol. The number of nitrogens with two attached hydrogens (primary N) is 1. The number of benzene rings is 1. The van der Waals surface area contributed by atoms with Gasteiger partial charge >= 0.3 is 5.97 Å². The highest BCUT2D eigenvalue weighted by molar-refractivity contribution is 5.69. The average molecular weight is 304 g/mol. The lowest BCUT2D eigenvalue weighted by atomic mass is 9.90. The SMILES string of the molecule is CCOC(=O)CCC1CC(N)CN(Cc2ccccc2C)C1. The van der Waals surface area contributed by atoms with Gasteiger partial charge in [0.1, 0.15) is 0 Å². The number of hydrogen-bond acceptors (Lipinski definition) is 4. The van der Waals surface area contributed by atoms with Crippen LogP contribution >= 0.6 is 0 Å². The molecule has 1 heterocycles. The summed E-state index contributed by atoms with van der Waals surface area (Å²) in [6, 6.07) is 8.69. The van der Waals surface area contributed by atoms with E-state index in [9.17, 15) is 4.79 Å². The van der Waals surface area contributed by atoms with E-state index in [0.717, 1.165) is 32.5 Å². The molecule has 0 amide bonds. The van der Waals surface area contributed by atoms with E-state index in [1.165, 1.54) is 11.1 Å². The number of aryl methyl sites for hydroxylation is 1. The Morgan fingerprint density at radius 1 is 1.36 bits per heavy atom. The lowest BCUT2D eigenvalue weighted by Crippen LogP contribution is -2.46. The van der Waals surface area contributed by atoms with Crippen molar-refractivity contribution in [3.8, 4) is 0 Å². The number of likely N-dealkylation sites (tertiary alicyclic amines) is 1. The van der Waals surface area contributed by atoms with Crippen LogP contribution in [0, 0.1) is 12.8 Å². The summed E-state index contributed by atoms with van der Waals surface area (Å²) in [6.45, 7) is 7.35. The van der Waals surface area contributed by atoms with Crippen LogP contribution in [0.5, 0.6) is 0 Å². The van der Waals surface area contributed by atoms with Crippen LogP contribution in [0.1, 0.15) is 37.3 Å². The number of ether oxygens (including phenoxy) is 1. The third-order valence-corrected chi connectivity index (χ3v) is 4.36. The van der Waals surface area contributed by atoms with Gasteiger partial charge in [-0.1, -0.05) is 24.3 Å². The molecule has 0 aromatic heterocycles. The molecule has 1 aromatic carbocycles. The Hall–Kier alpha value is -1.39. The predicted octanol–water partition coefficient (Wildman–Crippen LogP) is 2.49. The molecule has 1 aromatic rings. The average Bonchev–Trinajstić information content (AvgIpc) is 2.47. The van der Waals surface area contributed by atoms with Crippen molar-refractivity contribution in [2.75, 3.05) is 19.7 Å². The zero-order chi connectivity index (χ0) is 15.9. The van der Waals surface area contributed by atoms with Crippen LogP contribution in [0.3, 0.4) is 0 Å². The molecule has 4 heteroatoms. The van der Waals surface area contributed by atoms with Gasteiger partial charge in [0.15, 0.2) is 0 Å². The summed E-state index contributed by atoms with van der Waals surface area (Å²) < 4.78 is 5.01. The minimum Gasteiger partial charge on any atom is -0.466 e. The molecular formula is C18H28N2O2. The summed E-state index contributed by atoms with van der Waals surface area (Å²) in [5.74, 6) is 0.393. The third kappa shape index (κ3) is 5.11. The maximum atomic E-state index is 11.5. The molecule has 22 heavy (non-hydrogen) atoms. The van der Waals surface area contributed by atoms with Gasteiger partial charge in [-0.2, -0.15) is 0 Å². The van der Waals surface area contributed by atoms with Crippen molar-refractivity contribution in [1.29, 1.82) is 0 Å². The second-order valence-corrected chi connectivity index (χ2v) is 6.33. The standard InChI is InChI=1S/C18H28N2O2/c1-3-22-18(21)9-8-15-10-17(19)13-20(11-15)12-16-7-5-4-6-14(16)2/h4-7,15,17H,3,8-13,19H2,1-2H3. The van der Waals surface area contributed by atoms with E-state index >= 15 is 0 Å². The van der Waals surface area contributed by atoms with Crippen molar-refractivity contribution in [3.63, 3.8) is 0 Å². The van der Waals surface area contributed by atoms with E-state index in [4.69, 9.17) is 10.5 Å². The van der Waals surface area contributed by atoms with Crippen molar-refractivity contribution < 1.29 is 9.53 Å². The monoisotopic (exact) mass is 304 g/mol. The van der Waals surface area contributed by atoms with Gasteiger partial charge in [0.05, 0.1) is 6.61 Å². The van der Waals surface area contributed by atoms with E-state index in [2.05, 4.69) is 36.1 Å². The second-order valence-electron chi connectivity index (χ2n) is 6.33. The molecule has 2 unspecified atom stereocenters. The lowest BCUT2D eigenvalue weighted by molar-refractivity contribution is -0.143. The number of esters is 1. The minimum absolute atomic E-state index is 0.0906. The van der Waals surface area contributed by atoms with Crippen LogP contribution in [0.25, 0.3) is 0 Å². The summed E-state index contributed by atoms with van der Waals surface area (Å²) in [4.78, 5) is 13.9. The smallest absolute Gasteiger partial charge is 0.305 e. The van der Waals surface area contributed by atoms with Gasteiger partial charge in [-0.05, 0) is 43.7 Å². The van der Waals surface area contributed by atoms with E-state index in [0.29, 0.717) is 18.9 Å². The second kappa shape index (κ2) is 8.30. The molecule has 2 N–H and O–H groups in total. The first-order valence-electron chi connectivity index (χ1n) is 8.26. The number of carbonyl (C=O) groups is 1. The molecule has 4 nitrogen and oxygen atoms in total. The van der Waals surface area contributed by atoms with Crippen LogP contribution < -0.4 is 5.73 Å². The van der Waals surface area contributed by atoms with E-state index in [1.54, 1.807) is 0 Å². The molecule has 1 aliphatic heterocycles. The quantitative estimate of drug-likeness (QED) is 0.820. The normalized spacial score (nSPS) is 22.5. The fourth-order valence-corrected chi connectivity index (χ4v) is 3.27. The van der Waals surface area contributed by atoms with Gasteiger partial charge in [-0.3, -0.25) is 9.69 Å². The molecule has 0 saturated carbocycles. The zero-order valence-electron chi connectivity index (χ0n) is 13.8. The molecule has 0 spiro atoms. The highest BCUT2D eigenvalue weighted by atomic mass is 16.5. The van der Waals surface area contributed by atoms with Crippen LogP contribution in [0.2, 0.25) is 0 Å². The maximum absolute atomic E-state index is 11.5. The van der Waals surface area contributed by atoms with E-state index in [-0.39, 0.29) is 12.0 Å². The van der Waals surface area contributed by atoms with Gasteiger partial charge < -0.3 is 10.5 Å². The molecule has 0 aliphatic carbocycles. The van der Waals surface area contributed by atoms with Crippen LogP contribution in [-0.4, -0.2) is 36.6 Å². The summed E-state index contributed by atoms with van der Waals surface area (Å²) in [6.07, 6.45) is 2.38. The van der Waals surface area contributed by atoms with Crippen LogP contribution in [-0.2, 0) is 16.1 Å². The first-order valence-corrected chi connectivity index (χ1v) is 8.26. The Balaban J connectivity index is 1.88. The van der Waals surface area contributed by atoms with Crippen molar-refractivity contribution in [3.05, 3.63) is 35.4 Å². The molecule has 0 bridgehead atoms.